The third-order valence-corrected chi connectivity index (χ3v) is 3.15. The maximum atomic E-state index is 11.8. The monoisotopic (exact) mass is 262 g/mol. The SMILES string of the molecule is CCOc1ccc(NC(=O)CCNC2CC2)c(C)c1. The fourth-order valence-electron chi connectivity index (χ4n) is 1.92. The van der Waals surface area contributed by atoms with Gasteiger partial charge in [-0.25, -0.2) is 0 Å². The molecule has 19 heavy (non-hydrogen) atoms. The molecule has 0 spiro atoms. The van der Waals surface area contributed by atoms with E-state index < -0.39 is 0 Å². The van der Waals surface area contributed by atoms with Crippen molar-refractivity contribution in [2.75, 3.05) is 18.5 Å². The standard InChI is InChI=1S/C15H22N2O2/c1-3-19-13-6-7-14(11(2)10-13)17-15(18)8-9-16-12-4-5-12/h6-7,10,12,16H,3-5,8-9H2,1-2H3,(H,17,18). The van der Waals surface area contributed by atoms with Crippen molar-refractivity contribution in [3.8, 4) is 5.75 Å². The summed E-state index contributed by atoms with van der Waals surface area (Å²) in [6, 6.07) is 6.38. The minimum absolute atomic E-state index is 0.0559. The second-order valence-corrected chi connectivity index (χ2v) is 4.94. The fourth-order valence-corrected chi connectivity index (χ4v) is 1.92. The summed E-state index contributed by atoms with van der Waals surface area (Å²) in [5.41, 5.74) is 1.88. The number of amides is 1. The highest BCUT2D eigenvalue weighted by atomic mass is 16.5. The fraction of sp³-hybridized carbons (Fsp3) is 0.533. The van der Waals surface area contributed by atoms with Crippen LogP contribution in [0.4, 0.5) is 5.69 Å². The van der Waals surface area contributed by atoms with E-state index in [-0.39, 0.29) is 5.91 Å². The first-order valence-electron chi connectivity index (χ1n) is 6.95. The third kappa shape index (κ3) is 4.56. The highest BCUT2D eigenvalue weighted by Gasteiger charge is 2.20. The lowest BCUT2D eigenvalue weighted by molar-refractivity contribution is -0.116. The van der Waals surface area contributed by atoms with Crippen LogP contribution in [0.15, 0.2) is 18.2 Å². The summed E-state index contributed by atoms with van der Waals surface area (Å²) in [6.45, 7) is 5.34. The van der Waals surface area contributed by atoms with Crippen LogP contribution in [-0.4, -0.2) is 25.1 Å². The maximum Gasteiger partial charge on any atom is 0.225 e. The van der Waals surface area contributed by atoms with Crippen molar-refractivity contribution in [1.82, 2.24) is 5.32 Å². The van der Waals surface area contributed by atoms with E-state index in [4.69, 9.17) is 4.74 Å². The number of anilines is 1. The summed E-state index contributed by atoms with van der Waals surface area (Å²) in [6.07, 6.45) is 3.02. The molecule has 0 atom stereocenters. The molecule has 1 saturated carbocycles. The van der Waals surface area contributed by atoms with Crippen molar-refractivity contribution in [2.45, 2.75) is 39.2 Å². The van der Waals surface area contributed by atoms with Crippen molar-refractivity contribution in [2.24, 2.45) is 0 Å². The van der Waals surface area contributed by atoms with Crippen molar-refractivity contribution in [1.29, 1.82) is 0 Å². The number of nitrogens with one attached hydrogen (secondary N) is 2. The summed E-state index contributed by atoms with van der Waals surface area (Å²) in [5.74, 6) is 0.897. The Morgan fingerprint density at radius 2 is 2.21 bits per heavy atom. The van der Waals surface area contributed by atoms with E-state index in [0.29, 0.717) is 19.1 Å². The number of hydrogen-bond acceptors (Lipinski definition) is 3. The molecule has 0 radical (unpaired) electrons. The average molecular weight is 262 g/mol. The van der Waals surface area contributed by atoms with Crippen LogP contribution in [0.25, 0.3) is 0 Å². The molecule has 0 unspecified atom stereocenters. The molecule has 4 heteroatoms. The molecule has 1 aromatic carbocycles. The number of benzene rings is 1. The Balaban J connectivity index is 1.81. The number of ether oxygens (including phenoxy) is 1. The van der Waals surface area contributed by atoms with E-state index in [2.05, 4.69) is 10.6 Å². The third-order valence-electron chi connectivity index (χ3n) is 3.15. The highest BCUT2D eigenvalue weighted by Crippen LogP contribution is 2.21. The highest BCUT2D eigenvalue weighted by molar-refractivity contribution is 5.91. The lowest BCUT2D eigenvalue weighted by atomic mass is 10.2. The molecule has 2 N–H and O–H groups in total. The van der Waals surface area contributed by atoms with E-state index in [1.165, 1.54) is 12.8 Å². The number of carbonyl (C=O) groups excluding carboxylic acids is 1. The van der Waals surface area contributed by atoms with Crippen LogP contribution in [0, 0.1) is 6.92 Å². The van der Waals surface area contributed by atoms with Gasteiger partial charge in [-0.2, -0.15) is 0 Å². The van der Waals surface area contributed by atoms with E-state index >= 15 is 0 Å². The van der Waals surface area contributed by atoms with Gasteiger partial charge in [0.05, 0.1) is 6.61 Å². The Kier molecular flexibility index (Phi) is 4.80. The molecule has 0 aromatic heterocycles. The largest absolute Gasteiger partial charge is 0.494 e. The molecule has 1 aliphatic rings. The minimum atomic E-state index is 0.0559. The quantitative estimate of drug-likeness (QED) is 0.793. The van der Waals surface area contributed by atoms with E-state index in [0.717, 1.165) is 23.5 Å². The van der Waals surface area contributed by atoms with Gasteiger partial charge >= 0.3 is 0 Å². The Morgan fingerprint density at radius 3 is 2.84 bits per heavy atom. The minimum Gasteiger partial charge on any atom is -0.494 e. The van der Waals surface area contributed by atoms with E-state index in [1.807, 2.05) is 32.0 Å². The first-order valence-corrected chi connectivity index (χ1v) is 6.95. The van der Waals surface area contributed by atoms with Gasteiger partial charge in [0.2, 0.25) is 5.91 Å². The predicted molar refractivity (Wildman–Crippen MR) is 76.6 cm³/mol. The van der Waals surface area contributed by atoms with Gasteiger partial charge in [-0.15, -0.1) is 0 Å². The predicted octanol–water partition coefficient (Wildman–Crippen LogP) is 2.47. The summed E-state index contributed by atoms with van der Waals surface area (Å²) >= 11 is 0. The van der Waals surface area contributed by atoms with E-state index in [9.17, 15) is 4.79 Å². The summed E-state index contributed by atoms with van der Waals surface area (Å²) < 4.78 is 5.42. The number of carbonyl (C=O) groups is 1. The molecule has 0 bridgehead atoms. The van der Waals surface area contributed by atoms with Crippen LogP contribution in [-0.2, 0) is 4.79 Å². The van der Waals surface area contributed by atoms with Crippen LogP contribution in [0.2, 0.25) is 0 Å². The smallest absolute Gasteiger partial charge is 0.225 e. The molecule has 1 aromatic rings. The van der Waals surface area contributed by atoms with Gasteiger partial charge in [0.25, 0.3) is 0 Å². The van der Waals surface area contributed by atoms with Crippen molar-refractivity contribution in [3.05, 3.63) is 23.8 Å². The molecule has 1 aliphatic carbocycles. The zero-order chi connectivity index (χ0) is 13.7. The summed E-state index contributed by atoms with van der Waals surface area (Å²) in [5, 5.41) is 6.27. The van der Waals surface area contributed by atoms with Crippen molar-refractivity contribution >= 4 is 11.6 Å². The zero-order valence-corrected chi connectivity index (χ0v) is 11.7. The Labute approximate surface area is 114 Å². The van der Waals surface area contributed by atoms with Gasteiger partial charge in [-0.3, -0.25) is 4.79 Å². The molecular weight excluding hydrogens is 240 g/mol. The Bertz CT molecular complexity index is 442. The number of hydrogen-bond donors (Lipinski definition) is 2. The molecule has 1 fully saturated rings. The molecule has 4 nitrogen and oxygen atoms in total. The van der Waals surface area contributed by atoms with Gasteiger partial charge in [-0.05, 0) is 50.5 Å². The van der Waals surface area contributed by atoms with E-state index in [1.54, 1.807) is 0 Å². The van der Waals surface area contributed by atoms with Crippen LogP contribution < -0.4 is 15.4 Å². The second-order valence-electron chi connectivity index (χ2n) is 4.94. The molecule has 0 heterocycles. The first kappa shape index (κ1) is 13.9. The lowest BCUT2D eigenvalue weighted by Gasteiger charge is -2.11. The number of rotatable bonds is 7. The topological polar surface area (TPSA) is 50.4 Å². The Morgan fingerprint density at radius 1 is 1.42 bits per heavy atom. The van der Waals surface area contributed by atoms with Gasteiger partial charge in [0.15, 0.2) is 0 Å². The number of aryl methyl sites for hydroxylation is 1. The molecule has 1 amide bonds. The van der Waals surface area contributed by atoms with Crippen molar-refractivity contribution < 1.29 is 9.53 Å². The zero-order valence-electron chi connectivity index (χ0n) is 11.7. The van der Waals surface area contributed by atoms with Gasteiger partial charge in [0.1, 0.15) is 5.75 Å². The van der Waals surface area contributed by atoms with Gasteiger partial charge in [-0.1, -0.05) is 0 Å². The molecular formula is C15H22N2O2. The first-order chi connectivity index (χ1) is 9.19. The van der Waals surface area contributed by atoms with Crippen LogP contribution in [0.1, 0.15) is 31.7 Å². The lowest BCUT2D eigenvalue weighted by Crippen LogP contribution is -2.23. The Hall–Kier alpha value is -1.55. The van der Waals surface area contributed by atoms with Crippen LogP contribution >= 0.6 is 0 Å². The van der Waals surface area contributed by atoms with Gasteiger partial charge < -0.3 is 15.4 Å². The summed E-state index contributed by atoms with van der Waals surface area (Å²) in [7, 11) is 0. The van der Waals surface area contributed by atoms with Crippen LogP contribution in [0.3, 0.4) is 0 Å². The molecule has 2 rings (SSSR count). The normalized spacial score (nSPS) is 14.2. The average Bonchev–Trinajstić information content (AvgIpc) is 3.17. The molecule has 104 valence electrons. The van der Waals surface area contributed by atoms with Gasteiger partial charge in [0, 0.05) is 24.7 Å². The van der Waals surface area contributed by atoms with Crippen molar-refractivity contribution in [3.63, 3.8) is 0 Å². The summed E-state index contributed by atoms with van der Waals surface area (Å²) in [4.78, 5) is 11.8. The second kappa shape index (κ2) is 6.57. The maximum absolute atomic E-state index is 11.8. The molecule has 0 aliphatic heterocycles. The van der Waals surface area contributed by atoms with Crippen LogP contribution in [0.5, 0.6) is 5.75 Å². The molecule has 0 saturated heterocycles.